The van der Waals surface area contributed by atoms with E-state index in [0.29, 0.717) is 4.68 Å². The lowest BCUT2D eigenvalue weighted by Gasteiger charge is -2.14. The molecule has 2 heterocycles. The van der Waals surface area contributed by atoms with Crippen LogP contribution < -0.4 is 5.73 Å². The van der Waals surface area contributed by atoms with Crippen LogP contribution in [0.1, 0.15) is 23.9 Å². The zero-order valence-electron chi connectivity index (χ0n) is 10.3. The number of nitrogens with two attached hydrogens (primary N) is 1. The van der Waals surface area contributed by atoms with Crippen LogP contribution >= 0.6 is 0 Å². The van der Waals surface area contributed by atoms with Gasteiger partial charge >= 0.3 is 6.18 Å². The fraction of sp³-hybridized carbons (Fsp3) is 0.556. The number of hydrogen-bond acceptors (Lipinski definition) is 6. The summed E-state index contributed by atoms with van der Waals surface area (Å²) in [6, 6.07) is 1.14. The Morgan fingerprint density at radius 3 is 2.57 bits per heavy atom. The summed E-state index contributed by atoms with van der Waals surface area (Å²) in [5, 5.41) is 13.1. The van der Waals surface area contributed by atoms with Gasteiger partial charge in [-0.2, -0.15) is 13.2 Å². The highest BCUT2D eigenvalue weighted by molar-refractivity contribution is 5.29. The molecule has 1 unspecified atom stereocenters. The van der Waals surface area contributed by atoms with Gasteiger partial charge in [0, 0.05) is 12.5 Å². The second-order valence-electron chi connectivity index (χ2n) is 4.14. The number of halogens is 5. The van der Waals surface area contributed by atoms with Crippen molar-refractivity contribution in [3.63, 3.8) is 0 Å². The molecule has 0 aromatic carbocycles. The molecule has 0 aliphatic rings. The first-order valence-corrected chi connectivity index (χ1v) is 5.59. The maximum Gasteiger partial charge on any atom is 0.408 e. The number of hydrogen-bond donors (Lipinski definition) is 1. The number of aromatic nitrogens is 5. The highest BCUT2D eigenvalue weighted by atomic mass is 19.4. The quantitative estimate of drug-likeness (QED) is 0.842. The number of nitrogens with zero attached hydrogens (tertiary/aromatic N) is 5. The average Bonchev–Trinajstić information content (AvgIpc) is 2.93. The first kappa shape index (κ1) is 15.1. The summed E-state index contributed by atoms with van der Waals surface area (Å²) in [5.41, 5.74) is 5.22. The number of alkyl halides is 5. The van der Waals surface area contributed by atoms with Crippen molar-refractivity contribution >= 4 is 5.88 Å². The molecule has 2 rings (SSSR count). The van der Waals surface area contributed by atoms with E-state index in [-0.39, 0.29) is 17.4 Å². The zero-order valence-corrected chi connectivity index (χ0v) is 10.3. The largest absolute Gasteiger partial charge is 0.408 e. The van der Waals surface area contributed by atoms with Crippen LogP contribution in [0.4, 0.5) is 27.8 Å². The summed E-state index contributed by atoms with van der Waals surface area (Å²) in [5.74, 6) is -1.80. The summed E-state index contributed by atoms with van der Waals surface area (Å²) in [4.78, 5) is 0. The maximum absolute atomic E-state index is 12.6. The third-order valence-electron chi connectivity index (χ3n) is 2.52. The summed E-state index contributed by atoms with van der Waals surface area (Å²) < 4.78 is 67.5. The van der Waals surface area contributed by atoms with Crippen LogP contribution in [-0.2, 0) is 6.54 Å². The Balaban J connectivity index is 2.36. The van der Waals surface area contributed by atoms with E-state index < -0.39 is 31.5 Å². The molecule has 2 N–H and O–H groups in total. The van der Waals surface area contributed by atoms with Crippen molar-refractivity contribution in [2.75, 3.05) is 5.73 Å². The third-order valence-corrected chi connectivity index (χ3v) is 2.52. The van der Waals surface area contributed by atoms with Gasteiger partial charge in [-0.3, -0.25) is 0 Å². The Morgan fingerprint density at radius 2 is 2.05 bits per heavy atom. The lowest BCUT2D eigenvalue weighted by atomic mass is 10.0. The van der Waals surface area contributed by atoms with E-state index in [1.807, 2.05) is 0 Å². The molecule has 0 fully saturated rings. The molecule has 2 aromatic rings. The smallest absolute Gasteiger partial charge is 0.368 e. The topological polar surface area (TPSA) is 95.7 Å². The molecule has 0 saturated carbocycles. The van der Waals surface area contributed by atoms with Crippen molar-refractivity contribution in [3.05, 3.63) is 17.6 Å². The molecule has 21 heavy (non-hydrogen) atoms. The number of rotatable bonds is 5. The highest BCUT2D eigenvalue weighted by Crippen LogP contribution is 2.30. The van der Waals surface area contributed by atoms with Gasteiger partial charge in [-0.1, -0.05) is 5.16 Å². The zero-order chi connectivity index (χ0) is 15.6. The van der Waals surface area contributed by atoms with E-state index in [1.165, 1.54) is 0 Å². The lowest BCUT2D eigenvalue weighted by Crippen LogP contribution is -2.23. The number of tetrazole rings is 1. The van der Waals surface area contributed by atoms with Crippen molar-refractivity contribution in [1.29, 1.82) is 0 Å². The van der Waals surface area contributed by atoms with E-state index in [4.69, 9.17) is 5.73 Å². The fourth-order valence-electron chi connectivity index (χ4n) is 1.75. The van der Waals surface area contributed by atoms with Crippen LogP contribution in [0.5, 0.6) is 0 Å². The minimum absolute atomic E-state index is 0.0639. The van der Waals surface area contributed by atoms with Crippen molar-refractivity contribution in [3.8, 4) is 0 Å². The second-order valence-corrected chi connectivity index (χ2v) is 4.14. The van der Waals surface area contributed by atoms with Gasteiger partial charge in [-0.15, -0.1) is 5.10 Å². The minimum atomic E-state index is -4.59. The first-order chi connectivity index (χ1) is 9.76. The Morgan fingerprint density at radius 1 is 1.33 bits per heavy atom. The van der Waals surface area contributed by atoms with Crippen LogP contribution in [0.2, 0.25) is 0 Å². The Hall–Kier alpha value is -2.27. The lowest BCUT2D eigenvalue weighted by molar-refractivity contribution is -0.143. The molecule has 0 spiro atoms. The van der Waals surface area contributed by atoms with Gasteiger partial charge in [0.25, 0.3) is 0 Å². The van der Waals surface area contributed by atoms with Crippen LogP contribution in [0, 0.1) is 0 Å². The van der Waals surface area contributed by atoms with Crippen molar-refractivity contribution in [1.82, 2.24) is 25.4 Å². The molecule has 0 amide bonds. The number of nitrogen functional groups attached to an aromatic ring is 1. The second kappa shape index (κ2) is 5.61. The standard InChI is InChI=1S/C9H9F5N6O/c10-6(11)1-4(5-2-7(15)21-17-5)8-16-18-19-20(8)3-9(12,13)14/h2,4,6H,1,3,15H2. The van der Waals surface area contributed by atoms with E-state index in [9.17, 15) is 22.0 Å². The van der Waals surface area contributed by atoms with Crippen LogP contribution in [0.25, 0.3) is 0 Å². The maximum atomic E-state index is 12.6. The average molecular weight is 312 g/mol. The van der Waals surface area contributed by atoms with Gasteiger partial charge < -0.3 is 10.3 Å². The van der Waals surface area contributed by atoms with Gasteiger partial charge in [0.05, 0.1) is 11.6 Å². The highest BCUT2D eigenvalue weighted by Gasteiger charge is 2.34. The molecule has 12 heteroatoms. The molecule has 2 aromatic heterocycles. The molecule has 0 saturated heterocycles. The summed E-state index contributed by atoms with van der Waals surface area (Å²) in [7, 11) is 0. The molecule has 7 nitrogen and oxygen atoms in total. The predicted octanol–water partition coefficient (Wildman–Crippen LogP) is 1.59. The van der Waals surface area contributed by atoms with Crippen molar-refractivity contribution in [2.45, 2.75) is 31.5 Å². The van der Waals surface area contributed by atoms with Crippen LogP contribution in [0.15, 0.2) is 10.6 Å². The van der Waals surface area contributed by atoms with E-state index in [1.54, 1.807) is 0 Å². The van der Waals surface area contributed by atoms with Crippen molar-refractivity contribution < 1.29 is 26.5 Å². The monoisotopic (exact) mass is 312 g/mol. The molecule has 0 radical (unpaired) electrons. The molecule has 0 aliphatic heterocycles. The summed E-state index contributed by atoms with van der Waals surface area (Å²) in [6.07, 6.45) is -8.21. The van der Waals surface area contributed by atoms with Gasteiger partial charge in [0.2, 0.25) is 12.3 Å². The van der Waals surface area contributed by atoms with Crippen LogP contribution in [-0.4, -0.2) is 38.0 Å². The van der Waals surface area contributed by atoms with Gasteiger partial charge in [0.1, 0.15) is 6.54 Å². The minimum Gasteiger partial charge on any atom is -0.368 e. The summed E-state index contributed by atoms with van der Waals surface area (Å²) in [6.45, 7) is -1.50. The molecule has 0 aliphatic carbocycles. The SMILES string of the molecule is Nc1cc(C(CC(F)F)c2nnnn2CC(F)(F)F)no1. The molecular formula is C9H9F5N6O. The third kappa shape index (κ3) is 3.86. The Kier molecular flexibility index (Phi) is 4.04. The molecule has 1 atom stereocenters. The van der Waals surface area contributed by atoms with E-state index >= 15 is 0 Å². The predicted molar refractivity (Wildman–Crippen MR) is 57.3 cm³/mol. The number of anilines is 1. The molecular weight excluding hydrogens is 303 g/mol. The summed E-state index contributed by atoms with van der Waals surface area (Å²) >= 11 is 0. The molecule has 116 valence electrons. The first-order valence-electron chi connectivity index (χ1n) is 5.59. The Labute approximate surface area is 113 Å². The normalized spacial score (nSPS) is 13.8. The van der Waals surface area contributed by atoms with E-state index in [0.717, 1.165) is 6.07 Å². The van der Waals surface area contributed by atoms with Crippen LogP contribution in [0.3, 0.4) is 0 Å². The van der Waals surface area contributed by atoms with Gasteiger partial charge in [-0.25, -0.2) is 13.5 Å². The van der Waals surface area contributed by atoms with Gasteiger partial charge in [-0.05, 0) is 10.4 Å². The fourth-order valence-corrected chi connectivity index (χ4v) is 1.75. The van der Waals surface area contributed by atoms with E-state index in [2.05, 4.69) is 25.2 Å². The molecule has 0 bridgehead atoms. The van der Waals surface area contributed by atoms with Crippen molar-refractivity contribution in [2.24, 2.45) is 0 Å². The Bertz CT molecular complexity index is 593. The van der Waals surface area contributed by atoms with Gasteiger partial charge in [0.15, 0.2) is 5.82 Å².